The van der Waals surface area contributed by atoms with Crippen LogP contribution in [0, 0.1) is 0 Å². The van der Waals surface area contributed by atoms with E-state index < -0.39 is 0 Å². The van der Waals surface area contributed by atoms with E-state index in [9.17, 15) is 0 Å². The first kappa shape index (κ1) is 10.7. The molecule has 0 fully saturated rings. The van der Waals surface area contributed by atoms with E-state index in [0.717, 1.165) is 0 Å². The van der Waals surface area contributed by atoms with Crippen LogP contribution in [0.5, 0.6) is 0 Å². The zero-order chi connectivity index (χ0) is 5.21. The Morgan fingerprint density at radius 3 is 1.57 bits per heavy atom. The van der Waals surface area contributed by atoms with E-state index in [0.29, 0.717) is 6.54 Å². The fourth-order valence-corrected chi connectivity index (χ4v) is 0. The van der Waals surface area contributed by atoms with E-state index in [1.54, 1.807) is 0 Å². The van der Waals surface area contributed by atoms with Gasteiger partial charge in [0.2, 0.25) is 0 Å². The van der Waals surface area contributed by atoms with Crippen LogP contribution in [-0.2, 0) is 25.8 Å². The van der Waals surface area contributed by atoms with E-state index in [2.05, 4.69) is 0 Å². The Morgan fingerprint density at radius 1 is 1.43 bits per heavy atom. The van der Waals surface area contributed by atoms with Crippen molar-refractivity contribution >= 4 is 0 Å². The van der Waals surface area contributed by atoms with Crippen molar-refractivity contribution in [3.05, 3.63) is 0 Å². The molecular formula is C4H12HfN2. The second-order valence-corrected chi connectivity index (χ2v) is 2.19. The van der Waals surface area contributed by atoms with Gasteiger partial charge in [0.1, 0.15) is 0 Å². The first-order valence-corrected chi connectivity index (χ1v) is 2.05. The second kappa shape index (κ2) is 3.75. The summed E-state index contributed by atoms with van der Waals surface area (Å²) in [6.45, 7) is 4.34. The van der Waals surface area contributed by atoms with Gasteiger partial charge in [0.05, 0.1) is 0 Å². The number of rotatable bonds is 1. The maximum atomic E-state index is 5.41. The smallest absolute Gasteiger partial charge is 0.0221 e. The molecule has 0 radical (unpaired) electrons. The van der Waals surface area contributed by atoms with Gasteiger partial charge in [-0.3, -0.25) is 0 Å². The Morgan fingerprint density at radius 2 is 1.57 bits per heavy atom. The van der Waals surface area contributed by atoms with Crippen molar-refractivity contribution < 1.29 is 25.8 Å². The summed E-state index contributed by atoms with van der Waals surface area (Å²) in [6.07, 6.45) is 0. The maximum Gasteiger partial charge on any atom is 0.0221 e. The fourth-order valence-electron chi connectivity index (χ4n) is 0. The van der Waals surface area contributed by atoms with E-state index in [4.69, 9.17) is 11.5 Å². The van der Waals surface area contributed by atoms with Crippen LogP contribution in [0.2, 0.25) is 0 Å². The van der Waals surface area contributed by atoms with Gasteiger partial charge in [-0.05, 0) is 13.8 Å². The number of nitrogens with two attached hydrogens (primary N) is 2. The normalized spacial score (nSPS) is 10.3. The third-order valence-electron chi connectivity index (χ3n) is 0.526. The molecule has 0 heterocycles. The van der Waals surface area contributed by atoms with Crippen LogP contribution in [0.1, 0.15) is 13.8 Å². The van der Waals surface area contributed by atoms with Gasteiger partial charge in [-0.25, -0.2) is 0 Å². The van der Waals surface area contributed by atoms with E-state index in [1.165, 1.54) is 0 Å². The van der Waals surface area contributed by atoms with E-state index >= 15 is 0 Å². The number of hydrogen-bond donors (Lipinski definition) is 2. The van der Waals surface area contributed by atoms with Crippen LogP contribution in [-0.4, -0.2) is 12.1 Å². The SMILES string of the molecule is CC(C)(N)CN.[Hf]. The molecule has 0 bridgehead atoms. The van der Waals surface area contributed by atoms with Crippen molar-refractivity contribution in [2.45, 2.75) is 19.4 Å². The van der Waals surface area contributed by atoms with Gasteiger partial charge in [-0.15, -0.1) is 0 Å². The molecule has 3 heteroatoms. The maximum absolute atomic E-state index is 5.41. The molecule has 0 atom stereocenters. The third kappa shape index (κ3) is 10.8. The summed E-state index contributed by atoms with van der Waals surface area (Å²) in [6, 6.07) is 0. The standard InChI is InChI=1S/C4H12N2.Hf/c1-4(2,6)3-5;/h3,5-6H2,1-2H3;. The van der Waals surface area contributed by atoms with Gasteiger partial charge in [-0.1, -0.05) is 0 Å². The largest absolute Gasteiger partial charge is 0.329 e. The predicted octanol–water partition coefficient (Wildman–Crippen LogP) is -0.320. The van der Waals surface area contributed by atoms with Gasteiger partial charge in [-0.2, -0.15) is 0 Å². The van der Waals surface area contributed by atoms with Crippen molar-refractivity contribution in [1.82, 2.24) is 0 Å². The first-order valence-electron chi connectivity index (χ1n) is 2.05. The fraction of sp³-hybridized carbons (Fsp3) is 1.00. The van der Waals surface area contributed by atoms with Gasteiger partial charge in [0, 0.05) is 37.9 Å². The van der Waals surface area contributed by atoms with Crippen LogP contribution < -0.4 is 11.5 Å². The molecule has 0 amide bonds. The molecule has 2 nitrogen and oxygen atoms in total. The Hall–Kier alpha value is 0.790. The molecule has 0 aliphatic rings. The molecule has 7 heavy (non-hydrogen) atoms. The Bertz CT molecular complexity index is 39.4. The first-order chi connectivity index (χ1) is 2.56. The minimum Gasteiger partial charge on any atom is -0.329 e. The van der Waals surface area contributed by atoms with Gasteiger partial charge >= 0.3 is 0 Å². The van der Waals surface area contributed by atoms with Crippen molar-refractivity contribution in [3.8, 4) is 0 Å². The Labute approximate surface area is 63.4 Å². The van der Waals surface area contributed by atoms with E-state index in [-0.39, 0.29) is 31.4 Å². The summed E-state index contributed by atoms with van der Waals surface area (Å²) in [7, 11) is 0. The number of hydrogen-bond acceptors (Lipinski definition) is 2. The summed E-state index contributed by atoms with van der Waals surface area (Å²) in [4.78, 5) is 0. The molecule has 0 aromatic heterocycles. The van der Waals surface area contributed by atoms with Crippen molar-refractivity contribution in [1.29, 1.82) is 0 Å². The summed E-state index contributed by atoms with van der Waals surface area (Å²) < 4.78 is 0. The van der Waals surface area contributed by atoms with Crippen LogP contribution >= 0.6 is 0 Å². The molecule has 0 unspecified atom stereocenters. The summed E-state index contributed by atoms with van der Waals surface area (Å²) in [5.74, 6) is 0. The molecular weight excluding hydrogens is 255 g/mol. The monoisotopic (exact) mass is 268 g/mol. The summed E-state index contributed by atoms with van der Waals surface area (Å²) in [5.41, 5.74) is 10.4. The quantitative estimate of drug-likeness (QED) is 0.639. The molecule has 4 N–H and O–H groups in total. The van der Waals surface area contributed by atoms with Crippen LogP contribution in [0.15, 0.2) is 0 Å². The molecule has 0 spiro atoms. The zero-order valence-corrected chi connectivity index (χ0v) is 8.45. The van der Waals surface area contributed by atoms with Crippen molar-refractivity contribution in [2.75, 3.05) is 6.54 Å². The Kier molecular flexibility index (Phi) is 5.74. The molecule has 0 saturated carbocycles. The minimum atomic E-state index is -0.181. The molecule has 42 valence electrons. The van der Waals surface area contributed by atoms with Crippen molar-refractivity contribution in [3.63, 3.8) is 0 Å². The third-order valence-corrected chi connectivity index (χ3v) is 0.526. The topological polar surface area (TPSA) is 52.0 Å². The van der Waals surface area contributed by atoms with Crippen LogP contribution in [0.25, 0.3) is 0 Å². The zero-order valence-electron chi connectivity index (χ0n) is 4.86. The molecule has 0 aromatic carbocycles. The van der Waals surface area contributed by atoms with E-state index in [1.807, 2.05) is 13.8 Å². The van der Waals surface area contributed by atoms with Crippen molar-refractivity contribution in [2.24, 2.45) is 11.5 Å². The van der Waals surface area contributed by atoms with Crippen LogP contribution in [0.3, 0.4) is 0 Å². The van der Waals surface area contributed by atoms with Gasteiger partial charge in [0.15, 0.2) is 0 Å². The van der Waals surface area contributed by atoms with Gasteiger partial charge < -0.3 is 11.5 Å². The molecule has 0 rings (SSSR count). The Balaban J connectivity index is 0. The predicted molar refractivity (Wildman–Crippen MR) is 27.3 cm³/mol. The molecule has 0 aromatic rings. The average Bonchev–Trinajstić information content (AvgIpc) is 1.35. The molecule has 0 aliphatic carbocycles. The summed E-state index contributed by atoms with van der Waals surface area (Å²) >= 11 is 0. The van der Waals surface area contributed by atoms with Gasteiger partial charge in [0.25, 0.3) is 0 Å². The average molecular weight is 267 g/mol. The minimum absolute atomic E-state index is 0. The molecule has 0 saturated heterocycles. The van der Waals surface area contributed by atoms with Crippen LogP contribution in [0.4, 0.5) is 0 Å². The second-order valence-electron chi connectivity index (χ2n) is 2.19. The molecule has 0 aliphatic heterocycles. The summed E-state index contributed by atoms with van der Waals surface area (Å²) in [5, 5.41) is 0.